The van der Waals surface area contributed by atoms with Gasteiger partial charge in [-0.3, -0.25) is 0 Å². The van der Waals surface area contributed by atoms with Gasteiger partial charge >= 0.3 is 0 Å². The second-order valence-electron chi connectivity index (χ2n) is 7.14. The summed E-state index contributed by atoms with van der Waals surface area (Å²) in [6.07, 6.45) is 8.66. The second kappa shape index (κ2) is 6.20. The molecule has 1 aromatic carbocycles. The maximum Gasteiger partial charge on any atom is 0.0852 e. The van der Waals surface area contributed by atoms with Crippen molar-refractivity contribution in [1.82, 2.24) is 5.32 Å². The SMILES string of the molecule is CC1CCCC(NC2CC(C#N)(c3ccccc3)C2)CC1. The predicted molar refractivity (Wildman–Crippen MR) is 85.9 cm³/mol. The molecule has 0 heterocycles. The van der Waals surface area contributed by atoms with E-state index in [0.29, 0.717) is 12.1 Å². The molecule has 21 heavy (non-hydrogen) atoms. The molecule has 2 aliphatic rings. The Kier molecular flexibility index (Phi) is 4.31. The lowest BCUT2D eigenvalue weighted by molar-refractivity contribution is 0.202. The van der Waals surface area contributed by atoms with Gasteiger partial charge < -0.3 is 5.32 Å². The molecule has 2 fully saturated rings. The summed E-state index contributed by atoms with van der Waals surface area (Å²) in [7, 11) is 0. The van der Waals surface area contributed by atoms with Crippen LogP contribution in [0.25, 0.3) is 0 Å². The first kappa shape index (κ1) is 14.6. The maximum absolute atomic E-state index is 9.62. The quantitative estimate of drug-likeness (QED) is 0.845. The van der Waals surface area contributed by atoms with Crippen molar-refractivity contribution in [3.8, 4) is 6.07 Å². The highest BCUT2D eigenvalue weighted by Crippen LogP contribution is 2.43. The lowest BCUT2D eigenvalue weighted by Crippen LogP contribution is -2.53. The Morgan fingerprint density at radius 1 is 1.05 bits per heavy atom. The van der Waals surface area contributed by atoms with Crippen LogP contribution in [0, 0.1) is 17.2 Å². The molecule has 2 aliphatic carbocycles. The summed E-state index contributed by atoms with van der Waals surface area (Å²) in [5.74, 6) is 0.890. The van der Waals surface area contributed by atoms with Gasteiger partial charge in [0.25, 0.3) is 0 Å². The smallest absolute Gasteiger partial charge is 0.0852 e. The Balaban J connectivity index is 1.56. The number of nitriles is 1. The van der Waals surface area contributed by atoms with Crippen molar-refractivity contribution < 1.29 is 0 Å². The van der Waals surface area contributed by atoms with Gasteiger partial charge in [0, 0.05) is 12.1 Å². The van der Waals surface area contributed by atoms with E-state index in [4.69, 9.17) is 0 Å². The second-order valence-corrected chi connectivity index (χ2v) is 7.14. The normalized spacial score (nSPS) is 36.3. The molecule has 0 radical (unpaired) electrons. The first-order valence-corrected chi connectivity index (χ1v) is 8.45. The lowest BCUT2D eigenvalue weighted by atomic mass is 9.62. The molecule has 0 saturated heterocycles. The minimum atomic E-state index is -0.239. The Labute approximate surface area is 128 Å². The van der Waals surface area contributed by atoms with E-state index >= 15 is 0 Å². The molecule has 1 aromatic rings. The third-order valence-corrected chi connectivity index (χ3v) is 5.46. The van der Waals surface area contributed by atoms with Gasteiger partial charge in [0.05, 0.1) is 11.5 Å². The van der Waals surface area contributed by atoms with Crippen LogP contribution in [0.1, 0.15) is 57.4 Å². The molecule has 112 valence electrons. The Morgan fingerprint density at radius 3 is 2.52 bits per heavy atom. The van der Waals surface area contributed by atoms with Crippen LogP contribution in [-0.2, 0) is 5.41 Å². The highest BCUT2D eigenvalue weighted by Gasteiger charge is 2.46. The number of hydrogen-bond acceptors (Lipinski definition) is 2. The largest absolute Gasteiger partial charge is 0.311 e. The summed E-state index contributed by atoms with van der Waals surface area (Å²) in [4.78, 5) is 0. The molecule has 2 saturated carbocycles. The minimum Gasteiger partial charge on any atom is -0.311 e. The third-order valence-electron chi connectivity index (χ3n) is 5.46. The summed E-state index contributed by atoms with van der Waals surface area (Å²) >= 11 is 0. The molecule has 0 amide bonds. The van der Waals surface area contributed by atoms with E-state index < -0.39 is 0 Å². The van der Waals surface area contributed by atoms with Crippen LogP contribution in [-0.4, -0.2) is 12.1 Å². The van der Waals surface area contributed by atoms with Gasteiger partial charge in [-0.25, -0.2) is 0 Å². The van der Waals surface area contributed by atoms with Gasteiger partial charge in [0.15, 0.2) is 0 Å². The molecular weight excluding hydrogens is 256 g/mol. The van der Waals surface area contributed by atoms with Crippen LogP contribution in [0.2, 0.25) is 0 Å². The number of nitrogens with one attached hydrogen (secondary N) is 1. The van der Waals surface area contributed by atoms with Gasteiger partial charge in [-0.2, -0.15) is 5.26 Å². The average Bonchev–Trinajstić information content (AvgIpc) is 2.68. The van der Waals surface area contributed by atoms with E-state index in [-0.39, 0.29) is 5.41 Å². The zero-order chi connectivity index (χ0) is 14.7. The number of nitrogens with zero attached hydrogens (tertiary/aromatic N) is 1. The first-order valence-electron chi connectivity index (χ1n) is 8.45. The molecule has 2 nitrogen and oxygen atoms in total. The third kappa shape index (κ3) is 3.14. The maximum atomic E-state index is 9.62. The van der Waals surface area contributed by atoms with Crippen molar-refractivity contribution in [1.29, 1.82) is 5.26 Å². The van der Waals surface area contributed by atoms with Gasteiger partial charge in [-0.05, 0) is 43.6 Å². The number of rotatable bonds is 3. The summed E-state index contributed by atoms with van der Waals surface area (Å²) in [6.45, 7) is 2.38. The number of hydrogen-bond donors (Lipinski definition) is 1. The van der Waals surface area contributed by atoms with E-state index in [0.717, 1.165) is 18.8 Å². The van der Waals surface area contributed by atoms with Gasteiger partial charge in [-0.15, -0.1) is 0 Å². The average molecular weight is 282 g/mol. The standard InChI is InChI=1S/C19H26N2/c1-15-6-5-9-17(11-10-15)21-18-12-19(13-18,14-20)16-7-3-2-4-8-16/h2-4,7-8,15,17-18,21H,5-6,9-13H2,1H3. The highest BCUT2D eigenvalue weighted by atomic mass is 15.0. The van der Waals surface area contributed by atoms with Crippen molar-refractivity contribution in [3.63, 3.8) is 0 Å². The van der Waals surface area contributed by atoms with Gasteiger partial charge in [0.2, 0.25) is 0 Å². The summed E-state index contributed by atoms with van der Waals surface area (Å²) in [5, 5.41) is 13.4. The van der Waals surface area contributed by atoms with E-state index in [1.165, 1.54) is 37.7 Å². The van der Waals surface area contributed by atoms with Crippen LogP contribution >= 0.6 is 0 Å². The molecule has 0 aromatic heterocycles. The van der Waals surface area contributed by atoms with Crippen molar-refractivity contribution in [2.75, 3.05) is 0 Å². The topological polar surface area (TPSA) is 35.8 Å². The summed E-state index contributed by atoms with van der Waals surface area (Å²) in [5.41, 5.74) is 0.955. The van der Waals surface area contributed by atoms with E-state index in [9.17, 15) is 5.26 Å². The Bertz CT molecular complexity index is 496. The summed E-state index contributed by atoms with van der Waals surface area (Å²) < 4.78 is 0. The van der Waals surface area contributed by atoms with Crippen LogP contribution in [0.3, 0.4) is 0 Å². The zero-order valence-corrected chi connectivity index (χ0v) is 13.0. The van der Waals surface area contributed by atoms with E-state index in [1.54, 1.807) is 0 Å². The first-order chi connectivity index (χ1) is 10.2. The fourth-order valence-electron chi connectivity index (χ4n) is 4.04. The summed E-state index contributed by atoms with van der Waals surface area (Å²) in [6, 6.07) is 14.1. The lowest BCUT2D eigenvalue weighted by Gasteiger charge is -2.45. The molecule has 0 aliphatic heterocycles. The van der Waals surface area contributed by atoms with E-state index in [2.05, 4.69) is 30.4 Å². The highest BCUT2D eigenvalue weighted by molar-refractivity contribution is 5.36. The molecule has 1 N–H and O–H groups in total. The van der Waals surface area contributed by atoms with Crippen LogP contribution in [0.4, 0.5) is 0 Å². The molecule has 2 heteroatoms. The van der Waals surface area contributed by atoms with Gasteiger partial charge in [0.1, 0.15) is 0 Å². The van der Waals surface area contributed by atoms with Crippen molar-refractivity contribution in [2.45, 2.75) is 69.4 Å². The fraction of sp³-hybridized carbons (Fsp3) is 0.632. The van der Waals surface area contributed by atoms with Crippen molar-refractivity contribution in [2.24, 2.45) is 5.92 Å². The van der Waals surface area contributed by atoms with Crippen LogP contribution in [0.15, 0.2) is 30.3 Å². The molecule has 0 bridgehead atoms. The van der Waals surface area contributed by atoms with Crippen molar-refractivity contribution >= 4 is 0 Å². The fourth-order valence-corrected chi connectivity index (χ4v) is 4.04. The molecule has 2 unspecified atom stereocenters. The number of benzene rings is 1. The van der Waals surface area contributed by atoms with Crippen LogP contribution < -0.4 is 5.32 Å². The monoisotopic (exact) mass is 282 g/mol. The Hall–Kier alpha value is -1.33. The molecule has 0 spiro atoms. The van der Waals surface area contributed by atoms with Crippen LogP contribution in [0.5, 0.6) is 0 Å². The molecule has 3 rings (SSSR count). The Morgan fingerprint density at radius 2 is 1.81 bits per heavy atom. The van der Waals surface area contributed by atoms with E-state index in [1.807, 2.05) is 18.2 Å². The zero-order valence-electron chi connectivity index (χ0n) is 13.0. The van der Waals surface area contributed by atoms with Gasteiger partial charge in [-0.1, -0.05) is 50.1 Å². The predicted octanol–water partition coefficient (Wildman–Crippen LogP) is 4.17. The minimum absolute atomic E-state index is 0.239. The molecular formula is C19H26N2. The molecule has 2 atom stereocenters. The van der Waals surface area contributed by atoms with Crippen molar-refractivity contribution in [3.05, 3.63) is 35.9 Å².